The van der Waals surface area contributed by atoms with Gasteiger partial charge in [-0.1, -0.05) is 182 Å². The van der Waals surface area contributed by atoms with E-state index >= 15 is 4.57 Å². The van der Waals surface area contributed by atoms with Gasteiger partial charge in [-0.2, -0.15) is 0 Å². The molecule has 6 aromatic rings. The Balaban J connectivity index is 1.47. The molecule has 6 heteroatoms. The fourth-order valence-corrected chi connectivity index (χ4v) is 8.06. The van der Waals surface area contributed by atoms with E-state index in [9.17, 15) is 4.79 Å². The molecule has 6 aromatic carbocycles. The highest BCUT2D eigenvalue weighted by Gasteiger charge is 2.44. The van der Waals surface area contributed by atoms with Gasteiger partial charge in [0.05, 0.1) is 31.2 Å². The van der Waals surface area contributed by atoms with Crippen molar-refractivity contribution < 1.29 is 23.1 Å². The first kappa shape index (κ1) is 33.8. The van der Waals surface area contributed by atoms with Crippen LogP contribution in [0.4, 0.5) is 0 Å². The van der Waals surface area contributed by atoms with Gasteiger partial charge in [-0.15, -0.1) is 0 Å². The first-order valence-electron chi connectivity index (χ1n) is 16.3. The zero-order chi connectivity index (χ0) is 34.0. The van der Waals surface area contributed by atoms with Crippen molar-refractivity contribution in [3.8, 4) is 0 Å². The molecule has 0 aliphatic heterocycles. The average molecular weight is 667 g/mol. The monoisotopic (exact) mass is 666 g/mol. The minimum atomic E-state index is -4.18. The van der Waals surface area contributed by atoms with Crippen LogP contribution >= 0.6 is 7.60 Å². The van der Waals surface area contributed by atoms with Gasteiger partial charge in [-0.25, -0.2) is 0 Å². The maximum Gasteiger partial charge on any atom is 0.341 e. The third-order valence-electron chi connectivity index (χ3n) is 9.11. The lowest BCUT2D eigenvalue weighted by molar-refractivity contribution is -0.137. The van der Waals surface area contributed by atoms with Gasteiger partial charge < -0.3 is 13.8 Å². The molecule has 0 radical (unpaired) electrons. The Bertz CT molecular complexity index is 1620. The minimum Gasteiger partial charge on any atom is -0.469 e. The molecule has 0 heterocycles. The summed E-state index contributed by atoms with van der Waals surface area (Å²) in [5, 5.41) is 0. The second-order valence-electron chi connectivity index (χ2n) is 11.9. The lowest BCUT2D eigenvalue weighted by atomic mass is 9.70. The number of rotatable bonds is 14. The van der Waals surface area contributed by atoms with E-state index in [-0.39, 0.29) is 13.2 Å². The van der Waals surface area contributed by atoms with Crippen LogP contribution in [0, 0.1) is 0 Å². The number of hydrogen-bond acceptors (Lipinski definition) is 5. The van der Waals surface area contributed by atoms with Crippen LogP contribution in [0.5, 0.6) is 0 Å². The van der Waals surface area contributed by atoms with Crippen LogP contribution in [0.25, 0.3) is 0 Å². The number of ether oxygens (including phenoxy) is 1. The van der Waals surface area contributed by atoms with E-state index < -0.39 is 30.6 Å². The van der Waals surface area contributed by atoms with Crippen molar-refractivity contribution >= 4 is 13.6 Å². The van der Waals surface area contributed by atoms with Gasteiger partial charge in [0, 0.05) is 0 Å². The quantitative estimate of drug-likeness (QED) is 0.0659. The average Bonchev–Trinajstić information content (AvgIpc) is 3.18. The molecule has 0 aromatic heterocycles. The molecule has 5 nitrogen and oxygen atoms in total. The molecule has 0 saturated carbocycles. The van der Waals surface area contributed by atoms with Gasteiger partial charge in [0.1, 0.15) is 6.16 Å². The van der Waals surface area contributed by atoms with Crippen molar-refractivity contribution in [1.82, 2.24) is 0 Å². The molecule has 0 saturated heterocycles. The molecular weight excluding hydrogens is 627 g/mol. The Morgan fingerprint density at radius 3 is 0.878 bits per heavy atom. The summed E-state index contributed by atoms with van der Waals surface area (Å²) < 4.78 is 33.3. The number of carbonyl (C=O) groups excluding carboxylic acids is 1. The number of benzene rings is 6. The predicted octanol–water partition coefficient (Wildman–Crippen LogP) is 9.45. The van der Waals surface area contributed by atoms with Crippen LogP contribution in [-0.2, 0) is 34.0 Å². The summed E-state index contributed by atoms with van der Waals surface area (Å²) in [7, 11) is -2.91. The SMILES string of the molecule is COC(=O)CP(=O)(OCC(c1ccccc1)(c1ccccc1)c1ccccc1)OCC(c1ccccc1)(c1ccccc1)c1ccccc1. The van der Waals surface area contributed by atoms with Crippen LogP contribution in [0.15, 0.2) is 182 Å². The number of hydrogen-bond donors (Lipinski definition) is 0. The Kier molecular flexibility index (Phi) is 10.7. The van der Waals surface area contributed by atoms with Crippen molar-refractivity contribution in [2.45, 2.75) is 10.8 Å². The summed E-state index contributed by atoms with van der Waals surface area (Å²) in [5.41, 5.74) is 3.93. The molecule has 0 bridgehead atoms. The fraction of sp³-hybridized carbons (Fsp3) is 0.140. The van der Waals surface area contributed by atoms with Crippen LogP contribution in [0.2, 0.25) is 0 Å². The fourth-order valence-electron chi connectivity index (χ4n) is 6.58. The van der Waals surface area contributed by atoms with Gasteiger partial charge in [0.2, 0.25) is 0 Å². The highest BCUT2D eigenvalue weighted by atomic mass is 31.2. The lowest BCUT2D eigenvalue weighted by Crippen LogP contribution is -2.36. The van der Waals surface area contributed by atoms with E-state index in [4.69, 9.17) is 13.8 Å². The molecule has 0 atom stereocenters. The van der Waals surface area contributed by atoms with E-state index in [0.717, 1.165) is 33.4 Å². The standard InChI is InChI=1S/C43H39O5P/c1-46-41(44)32-49(45,47-33-42(35-20-8-2-9-21-35,36-22-10-3-11-23-36)37-24-12-4-13-25-37)48-34-43(38-26-14-5-15-27-38,39-28-16-6-17-29-39)40-30-18-7-19-31-40/h2-31H,32-34H2,1H3. The van der Waals surface area contributed by atoms with Gasteiger partial charge >= 0.3 is 13.6 Å². The van der Waals surface area contributed by atoms with E-state index in [1.807, 2.05) is 182 Å². The maximum atomic E-state index is 15.1. The molecule has 0 aliphatic rings. The molecular formula is C43H39O5P. The Hall–Kier alpha value is -5.06. The van der Waals surface area contributed by atoms with Crippen LogP contribution < -0.4 is 0 Å². The Morgan fingerprint density at radius 2 is 0.673 bits per heavy atom. The first-order chi connectivity index (χ1) is 24.0. The first-order valence-corrected chi connectivity index (χ1v) is 18.0. The zero-order valence-corrected chi connectivity index (χ0v) is 28.3. The summed E-state index contributed by atoms with van der Waals surface area (Å²) in [4.78, 5) is 12.9. The lowest BCUT2D eigenvalue weighted by Gasteiger charge is -2.38. The van der Waals surface area contributed by atoms with E-state index in [1.54, 1.807) is 0 Å². The van der Waals surface area contributed by atoms with Gasteiger partial charge in [-0.3, -0.25) is 9.36 Å². The summed E-state index contributed by atoms with van der Waals surface area (Å²) in [6, 6.07) is 60.1. The highest BCUT2D eigenvalue weighted by molar-refractivity contribution is 7.54. The number of methoxy groups -OCH3 is 1. The molecule has 6 rings (SSSR count). The second-order valence-corrected chi connectivity index (χ2v) is 14.0. The Labute approximate surface area is 288 Å². The Morgan fingerprint density at radius 1 is 0.449 bits per heavy atom. The minimum absolute atomic E-state index is 0.0612. The predicted molar refractivity (Wildman–Crippen MR) is 195 cm³/mol. The smallest absolute Gasteiger partial charge is 0.341 e. The summed E-state index contributed by atoms with van der Waals surface area (Å²) in [5.74, 6) is -0.683. The van der Waals surface area contributed by atoms with Crippen molar-refractivity contribution in [3.63, 3.8) is 0 Å². The van der Waals surface area contributed by atoms with Crippen LogP contribution in [0.3, 0.4) is 0 Å². The third-order valence-corrected chi connectivity index (χ3v) is 10.8. The molecule has 0 N–H and O–H groups in total. The topological polar surface area (TPSA) is 61.8 Å². The van der Waals surface area contributed by atoms with E-state index in [1.165, 1.54) is 7.11 Å². The maximum absolute atomic E-state index is 15.1. The highest BCUT2D eigenvalue weighted by Crippen LogP contribution is 2.54. The summed E-state index contributed by atoms with van der Waals surface area (Å²) in [6.07, 6.45) is -0.549. The van der Waals surface area contributed by atoms with Crippen LogP contribution in [0.1, 0.15) is 33.4 Å². The zero-order valence-electron chi connectivity index (χ0n) is 27.4. The van der Waals surface area contributed by atoms with Crippen molar-refractivity contribution in [2.75, 3.05) is 26.5 Å². The van der Waals surface area contributed by atoms with E-state index in [0.29, 0.717) is 0 Å². The molecule has 246 valence electrons. The van der Waals surface area contributed by atoms with Crippen molar-refractivity contribution in [3.05, 3.63) is 215 Å². The molecule has 49 heavy (non-hydrogen) atoms. The second kappa shape index (κ2) is 15.4. The molecule has 0 amide bonds. The van der Waals surface area contributed by atoms with E-state index in [2.05, 4.69) is 0 Å². The number of carbonyl (C=O) groups is 1. The summed E-state index contributed by atoms with van der Waals surface area (Å²) in [6.45, 7) is -0.122. The van der Waals surface area contributed by atoms with Crippen molar-refractivity contribution in [2.24, 2.45) is 0 Å². The van der Waals surface area contributed by atoms with Crippen molar-refractivity contribution in [1.29, 1.82) is 0 Å². The largest absolute Gasteiger partial charge is 0.469 e. The molecule has 0 unspecified atom stereocenters. The number of esters is 1. The normalized spacial score (nSPS) is 11.9. The molecule has 0 fully saturated rings. The molecule has 0 aliphatic carbocycles. The van der Waals surface area contributed by atoms with Gasteiger partial charge in [0.25, 0.3) is 0 Å². The third kappa shape index (κ3) is 7.21. The van der Waals surface area contributed by atoms with Crippen LogP contribution in [-0.4, -0.2) is 32.5 Å². The molecule has 0 spiro atoms. The van der Waals surface area contributed by atoms with Gasteiger partial charge in [0.15, 0.2) is 0 Å². The summed E-state index contributed by atoms with van der Waals surface area (Å²) >= 11 is 0. The van der Waals surface area contributed by atoms with Gasteiger partial charge in [-0.05, 0) is 33.4 Å².